The maximum absolute atomic E-state index is 11.7. The van der Waals surface area contributed by atoms with Gasteiger partial charge in [-0.05, 0) is 42.0 Å². The Hall–Kier alpha value is -3.38. The molecule has 0 unspecified atom stereocenters. The van der Waals surface area contributed by atoms with E-state index in [4.69, 9.17) is 11.6 Å². The number of nitrogens with zero attached hydrogens (tertiary/aromatic N) is 4. The van der Waals surface area contributed by atoms with Gasteiger partial charge in [0.2, 0.25) is 0 Å². The van der Waals surface area contributed by atoms with Crippen molar-refractivity contribution in [2.45, 2.75) is 12.8 Å². The van der Waals surface area contributed by atoms with Crippen molar-refractivity contribution in [2.24, 2.45) is 7.05 Å². The third kappa shape index (κ3) is 3.09. The first-order valence-electron chi connectivity index (χ1n) is 9.73. The fourth-order valence-corrected chi connectivity index (χ4v) is 4.37. The molecular weight excluding hydrogens is 400 g/mol. The summed E-state index contributed by atoms with van der Waals surface area (Å²) < 4.78 is 1.75. The summed E-state index contributed by atoms with van der Waals surface area (Å²) in [7, 11) is 1.88. The number of carboxylic acid groups (broad SMARTS) is 1. The van der Waals surface area contributed by atoms with Crippen LogP contribution in [0.5, 0.6) is 0 Å². The van der Waals surface area contributed by atoms with E-state index in [1.807, 2.05) is 43.6 Å². The molecule has 0 spiro atoms. The van der Waals surface area contributed by atoms with Crippen LogP contribution in [0.4, 0.5) is 11.5 Å². The highest BCUT2D eigenvalue weighted by Gasteiger charge is 2.24. The Kier molecular flexibility index (Phi) is 4.44. The monoisotopic (exact) mass is 418 g/mol. The van der Waals surface area contributed by atoms with E-state index < -0.39 is 5.97 Å². The van der Waals surface area contributed by atoms with Gasteiger partial charge in [-0.15, -0.1) is 0 Å². The second kappa shape index (κ2) is 7.15. The Morgan fingerprint density at radius 1 is 1.20 bits per heavy atom. The SMILES string of the molecule is Cn1cc(-c2cc3c(cc2Cl)N(c2nc(C(=O)O)cc4ccccc24)CCC3)cn1. The number of carbonyl (C=O) groups is 1. The molecule has 0 aliphatic carbocycles. The van der Waals surface area contributed by atoms with Gasteiger partial charge in [0.15, 0.2) is 5.69 Å². The predicted molar refractivity (Wildman–Crippen MR) is 118 cm³/mol. The lowest BCUT2D eigenvalue weighted by atomic mass is 9.96. The zero-order valence-electron chi connectivity index (χ0n) is 16.3. The molecule has 3 heterocycles. The van der Waals surface area contributed by atoms with E-state index in [0.717, 1.165) is 52.5 Å². The highest BCUT2D eigenvalue weighted by molar-refractivity contribution is 6.33. The molecule has 0 saturated carbocycles. The Morgan fingerprint density at radius 2 is 2.03 bits per heavy atom. The van der Waals surface area contributed by atoms with E-state index in [9.17, 15) is 9.90 Å². The quantitative estimate of drug-likeness (QED) is 0.502. The highest BCUT2D eigenvalue weighted by atomic mass is 35.5. The molecule has 7 heteroatoms. The second-order valence-electron chi connectivity index (χ2n) is 7.48. The number of aromatic carboxylic acids is 1. The maximum atomic E-state index is 11.7. The predicted octanol–water partition coefficient (Wildman–Crippen LogP) is 5.07. The van der Waals surface area contributed by atoms with E-state index in [2.05, 4.69) is 21.0 Å². The molecule has 0 amide bonds. The third-order valence-electron chi connectivity index (χ3n) is 5.50. The van der Waals surface area contributed by atoms with Crippen LogP contribution in [0.3, 0.4) is 0 Å². The summed E-state index contributed by atoms with van der Waals surface area (Å²) in [6.45, 7) is 0.746. The largest absolute Gasteiger partial charge is 0.477 e. The number of fused-ring (bicyclic) bond motifs is 2. The number of benzene rings is 2. The molecule has 30 heavy (non-hydrogen) atoms. The van der Waals surface area contributed by atoms with Gasteiger partial charge in [0, 0.05) is 42.0 Å². The van der Waals surface area contributed by atoms with Gasteiger partial charge in [-0.2, -0.15) is 5.10 Å². The number of aromatic nitrogens is 3. The van der Waals surface area contributed by atoms with Crippen molar-refractivity contribution < 1.29 is 9.90 Å². The number of pyridine rings is 1. The smallest absolute Gasteiger partial charge is 0.354 e. The lowest BCUT2D eigenvalue weighted by molar-refractivity contribution is 0.0691. The lowest BCUT2D eigenvalue weighted by Gasteiger charge is -2.32. The molecule has 1 N–H and O–H groups in total. The fourth-order valence-electron chi connectivity index (χ4n) is 4.10. The van der Waals surface area contributed by atoms with Crippen LogP contribution in [-0.4, -0.2) is 32.4 Å². The van der Waals surface area contributed by atoms with Gasteiger partial charge in [-0.3, -0.25) is 4.68 Å². The number of rotatable bonds is 3. The second-order valence-corrected chi connectivity index (χ2v) is 7.88. The molecular formula is C23H19ClN4O2. The first kappa shape index (κ1) is 18.6. The van der Waals surface area contributed by atoms with Crippen molar-refractivity contribution in [1.29, 1.82) is 0 Å². The average Bonchev–Trinajstić information content (AvgIpc) is 3.18. The summed E-state index contributed by atoms with van der Waals surface area (Å²) in [4.78, 5) is 18.3. The van der Waals surface area contributed by atoms with Crippen LogP contribution in [0.25, 0.3) is 21.9 Å². The van der Waals surface area contributed by atoms with Crippen molar-refractivity contribution in [1.82, 2.24) is 14.8 Å². The van der Waals surface area contributed by atoms with E-state index in [0.29, 0.717) is 10.8 Å². The van der Waals surface area contributed by atoms with Crippen molar-refractivity contribution in [2.75, 3.05) is 11.4 Å². The molecule has 2 aromatic heterocycles. The first-order valence-corrected chi connectivity index (χ1v) is 10.1. The molecule has 2 aromatic carbocycles. The number of anilines is 2. The zero-order chi connectivity index (χ0) is 20.8. The van der Waals surface area contributed by atoms with E-state index >= 15 is 0 Å². The molecule has 0 bridgehead atoms. The van der Waals surface area contributed by atoms with Gasteiger partial charge in [-0.25, -0.2) is 9.78 Å². The molecule has 0 atom stereocenters. The van der Waals surface area contributed by atoms with E-state index in [-0.39, 0.29) is 5.69 Å². The van der Waals surface area contributed by atoms with E-state index in [1.165, 1.54) is 0 Å². The Morgan fingerprint density at radius 3 is 2.80 bits per heavy atom. The summed E-state index contributed by atoms with van der Waals surface area (Å²) in [5.74, 6) is -0.388. The number of hydrogen-bond acceptors (Lipinski definition) is 4. The van der Waals surface area contributed by atoms with Crippen molar-refractivity contribution >= 4 is 39.8 Å². The molecule has 6 nitrogen and oxygen atoms in total. The summed E-state index contributed by atoms with van der Waals surface area (Å²) in [6.07, 6.45) is 5.61. The summed E-state index contributed by atoms with van der Waals surface area (Å²) in [5.41, 5.74) is 4.09. The average molecular weight is 419 g/mol. The Bertz CT molecular complexity index is 1300. The normalized spacial score (nSPS) is 13.5. The minimum atomic E-state index is -1.04. The standard InChI is InChI=1S/C23H19ClN4O2/c1-27-13-16(12-25-27)18-9-15-6-4-8-28(21(15)11-19(18)24)22-17-7-3-2-5-14(17)10-20(26-22)23(29)30/h2-3,5,7,9-13H,4,6,8H2,1H3,(H,29,30). The molecule has 0 fully saturated rings. The number of aryl methyl sites for hydroxylation is 2. The van der Waals surface area contributed by atoms with Crippen molar-refractivity contribution in [3.05, 3.63) is 71.1 Å². The molecule has 1 aliphatic heterocycles. The molecule has 5 rings (SSSR count). The Balaban J connectivity index is 1.69. The molecule has 4 aromatic rings. The van der Waals surface area contributed by atoms with Crippen molar-refractivity contribution in [3.8, 4) is 11.1 Å². The zero-order valence-corrected chi connectivity index (χ0v) is 17.1. The minimum Gasteiger partial charge on any atom is -0.477 e. The van der Waals surface area contributed by atoms with Crippen LogP contribution < -0.4 is 4.90 Å². The molecule has 150 valence electrons. The summed E-state index contributed by atoms with van der Waals surface area (Å²) >= 11 is 6.68. The fraction of sp³-hybridized carbons (Fsp3) is 0.174. The van der Waals surface area contributed by atoms with Crippen LogP contribution in [-0.2, 0) is 13.5 Å². The van der Waals surface area contributed by atoms with Crippen LogP contribution in [0, 0.1) is 0 Å². The number of carboxylic acids is 1. The maximum Gasteiger partial charge on any atom is 0.354 e. The van der Waals surface area contributed by atoms with Gasteiger partial charge in [0.25, 0.3) is 0 Å². The topological polar surface area (TPSA) is 71.2 Å². The molecule has 0 saturated heterocycles. The van der Waals surface area contributed by atoms with E-state index in [1.54, 1.807) is 16.9 Å². The van der Waals surface area contributed by atoms with Crippen LogP contribution in [0.1, 0.15) is 22.5 Å². The highest BCUT2D eigenvalue weighted by Crippen LogP contribution is 2.41. The van der Waals surface area contributed by atoms with Gasteiger partial charge in [-0.1, -0.05) is 35.9 Å². The molecule has 1 aliphatic rings. The summed E-state index contributed by atoms with van der Waals surface area (Å²) in [6, 6.07) is 13.4. The van der Waals surface area contributed by atoms with Crippen LogP contribution in [0.15, 0.2) is 54.9 Å². The van der Waals surface area contributed by atoms with Gasteiger partial charge >= 0.3 is 5.97 Å². The van der Waals surface area contributed by atoms with Crippen molar-refractivity contribution in [3.63, 3.8) is 0 Å². The molecule has 0 radical (unpaired) electrons. The minimum absolute atomic E-state index is 0.0360. The van der Waals surface area contributed by atoms with Crippen LogP contribution in [0.2, 0.25) is 5.02 Å². The Labute approximate surface area is 178 Å². The number of hydrogen-bond donors (Lipinski definition) is 1. The van der Waals surface area contributed by atoms with Gasteiger partial charge in [0.05, 0.1) is 11.2 Å². The van der Waals surface area contributed by atoms with Crippen LogP contribution >= 0.6 is 11.6 Å². The lowest BCUT2D eigenvalue weighted by Crippen LogP contribution is -2.26. The van der Waals surface area contributed by atoms with Gasteiger partial charge in [0.1, 0.15) is 5.82 Å². The number of halogens is 1. The summed E-state index contributed by atoms with van der Waals surface area (Å²) in [5, 5.41) is 16.2. The van der Waals surface area contributed by atoms with Gasteiger partial charge < -0.3 is 10.0 Å². The first-order chi connectivity index (χ1) is 14.5. The third-order valence-corrected chi connectivity index (χ3v) is 5.81.